The number of H-pyrrole nitrogens is 1. The maximum Gasteiger partial charge on any atom is 0.274 e. The highest BCUT2D eigenvalue weighted by Gasteiger charge is 2.14. The molecular formula is C13H9N5O. The van der Waals surface area contributed by atoms with Crippen molar-refractivity contribution in [2.24, 2.45) is 0 Å². The summed E-state index contributed by atoms with van der Waals surface area (Å²) in [5, 5.41) is 12.7. The largest absolute Gasteiger partial charge is 0.342 e. The molecule has 0 saturated carbocycles. The second-order valence-corrected chi connectivity index (χ2v) is 3.99. The number of nitrogens with one attached hydrogen (secondary N) is 1. The molecule has 6 heteroatoms. The third-order valence-electron chi connectivity index (χ3n) is 2.68. The Balaban J connectivity index is 2.00. The van der Waals surface area contributed by atoms with Crippen LogP contribution < -0.4 is 0 Å². The number of rotatable bonds is 2. The van der Waals surface area contributed by atoms with Crippen molar-refractivity contribution >= 4 is 0 Å². The number of aryl methyl sites for hydroxylation is 1. The van der Waals surface area contributed by atoms with E-state index in [-0.39, 0.29) is 0 Å². The van der Waals surface area contributed by atoms with Crippen molar-refractivity contribution in [2.45, 2.75) is 6.92 Å². The first-order valence-electron chi connectivity index (χ1n) is 5.63. The average molecular weight is 251 g/mol. The van der Waals surface area contributed by atoms with Crippen LogP contribution in [0.4, 0.5) is 0 Å². The number of hydrogen-bond acceptors (Lipinski definition) is 5. The second-order valence-electron chi connectivity index (χ2n) is 3.99. The first-order valence-corrected chi connectivity index (χ1v) is 5.63. The van der Waals surface area contributed by atoms with Crippen LogP contribution in [0.1, 0.15) is 11.3 Å². The van der Waals surface area contributed by atoms with Gasteiger partial charge in [0.05, 0.1) is 0 Å². The summed E-state index contributed by atoms with van der Waals surface area (Å²) in [5.41, 5.74) is 2.72. The Bertz CT molecular complexity index is 765. The average Bonchev–Trinajstić information content (AvgIpc) is 3.08. The fourth-order valence-corrected chi connectivity index (χ4v) is 1.73. The van der Waals surface area contributed by atoms with Gasteiger partial charge < -0.3 is 9.51 Å². The molecule has 19 heavy (non-hydrogen) atoms. The molecule has 0 saturated heterocycles. The molecule has 6 nitrogen and oxygen atoms in total. The summed E-state index contributed by atoms with van der Waals surface area (Å²) in [6, 6.07) is 9.17. The van der Waals surface area contributed by atoms with Crippen molar-refractivity contribution in [3.05, 3.63) is 41.7 Å². The van der Waals surface area contributed by atoms with E-state index in [2.05, 4.69) is 20.1 Å². The summed E-state index contributed by atoms with van der Waals surface area (Å²) >= 11 is 0. The molecule has 0 aromatic carbocycles. The predicted molar refractivity (Wildman–Crippen MR) is 66.8 cm³/mol. The van der Waals surface area contributed by atoms with Gasteiger partial charge in [-0.3, -0.25) is 4.98 Å². The molecular weight excluding hydrogens is 242 g/mol. The first kappa shape index (κ1) is 11.2. The van der Waals surface area contributed by atoms with Gasteiger partial charge in [0.15, 0.2) is 0 Å². The quantitative estimate of drug-likeness (QED) is 0.754. The molecule has 0 bridgehead atoms. The zero-order valence-corrected chi connectivity index (χ0v) is 10.1. The molecule has 3 aromatic rings. The van der Waals surface area contributed by atoms with Crippen LogP contribution in [0.5, 0.6) is 0 Å². The molecule has 0 unspecified atom stereocenters. The minimum Gasteiger partial charge on any atom is -0.342 e. The van der Waals surface area contributed by atoms with Gasteiger partial charge in [0.2, 0.25) is 5.82 Å². The van der Waals surface area contributed by atoms with Gasteiger partial charge in [0.25, 0.3) is 5.89 Å². The molecule has 0 aliphatic heterocycles. The van der Waals surface area contributed by atoms with Crippen LogP contribution in [0.25, 0.3) is 23.1 Å². The zero-order chi connectivity index (χ0) is 13.2. The van der Waals surface area contributed by atoms with Crippen LogP contribution in [-0.2, 0) is 0 Å². The van der Waals surface area contributed by atoms with Gasteiger partial charge in [-0.25, -0.2) is 0 Å². The molecule has 0 atom stereocenters. The van der Waals surface area contributed by atoms with Gasteiger partial charge in [-0.1, -0.05) is 11.2 Å². The summed E-state index contributed by atoms with van der Waals surface area (Å²) < 4.78 is 5.18. The van der Waals surface area contributed by atoms with E-state index in [0.717, 1.165) is 5.56 Å². The molecule has 1 N–H and O–H groups in total. The van der Waals surface area contributed by atoms with Crippen molar-refractivity contribution in [2.75, 3.05) is 0 Å². The fourth-order valence-electron chi connectivity index (χ4n) is 1.73. The Morgan fingerprint density at radius 2 is 2.21 bits per heavy atom. The lowest BCUT2D eigenvalue weighted by molar-refractivity contribution is 0.431. The summed E-state index contributed by atoms with van der Waals surface area (Å²) in [7, 11) is 0. The van der Waals surface area contributed by atoms with Crippen LogP contribution in [0.3, 0.4) is 0 Å². The maximum atomic E-state index is 8.76. The minimum atomic E-state index is 0.335. The topological polar surface area (TPSA) is 91.4 Å². The van der Waals surface area contributed by atoms with Gasteiger partial charge in [0, 0.05) is 6.20 Å². The third-order valence-corrected chi connectivity index (χ3v) is 2.68. The summed E-state index contributed by atoms with van der Waals surface area (Å²) in [5.74, 6) is 0.766. The van der Waals surface area contributed by atoms with E-state index in [1.807, 2.05) is 25.1 Å². The number of pyridine rings is 1. The molecule has 3 rings (SSSR count). The van der Waals surface area contributed by atoms with Crippen LogP contribution >= 0.6 is 0 Å². The van der Waals surface area contributed by atoms with Crippen molar-refractivity contribution < 1.29 is 4.52 Å². The first-order chi connectivity index (χ1) is 9.28. The SMILES string of the molecule is Cc1cccnc1-c1noc(-c2ccc(C#N)[nH]2)n1. The highest BCUT2D eigenvalue weighted by molar-refractivity contribution is 5.57. The fraction of sp³-hybridized carbons (Fsp3) is 0.0769. The molecule has 0 fully saturated rings. The van der Waals surface area contributed by atoms with E-state index in [1.165, 1.54) is 0 Å². The van der Waals surface area contributed by atoms with Gasteiger partial charge in [-0.2, -0.15) is 10.2 Å². The minimum absolute atomic E-state index is 0.335. The van der Waals surface area contributed by atoms with E-state index in [0.29, 0.717) is 28.8 Å². The van der Waals surface area contributed by atoms with Crippen LogP contribution in [0.15, 0.2) is 35.0 Å². The van der Waals surface area contributed by atoms with Gasteiger partial charge in [-0.05, 0) is 30.7 Å². The Morgan fingerprint density at radius 3 is 2.95 bits per heavy atom. The highest BCUT2D eigenvalue weighted by atomic mass is 16.5. The third kappa shape index (κ3) is 1.98. The number of nitriles is 1. The summed E-state index contributed by atoms with van der Waals surface area (Å²) in [6.45, 7) is 1.93. The lowest BCUT2D eigenvalue weighted by Gasteiger charge is -1.96. The molecule has 0 spiro atoms. The monoisotopic (exact) mass is 251 g/mol. The Labute approximate surface area is 108 Å². The van der Waals surface area contributed by atoms with Crippen molar-refractivity contribution in [1.29, 1.82) is 5.26 Å². The molecule has 3 heterocycles. The number of aromatic nitrogens is 4. The van der Waals surface area contributed by atoms with Crippen LogP contribution in [0.2, 0.25) is 0 Å². The summed E-state index contributed by atoms with van der Waals surface area (Å²) in [4.78, 5) is 11.4. The molecule has 92 valence electrons. The molecule has 3 aromatic heterocycles. The predicted octanol–water partition coefficient (Wildman–Crippen LogP) is 2.31. The Morgan fingerprint density at radius 1 is 1.32 bits per heavy atom. The number of aromatic amines is 1. The van der Waals surface area contributed by atoms with Crippen molar-refractivity contribution in [3.63, 3.8) is 0 Å². The number of hydrogen-bond donors (Lipinski definition) is 1. The lowest BCUT2D eigenvalue weighted by Crippen LogP contribution is -1.89. The van der Waals surface area contributed by atoms with Crippen LogP contribution in [0, 0.1) is 18.3 Å². The second kappa shape index (κ2) is 4.38. The molecule has 0 amide bonds. The Kier molecular flexibility index (Phi) is 2.58. The zero-order valence-electron chi connectivity index (χ0n) is 10.1. The standard InChI is InChI=1S/C13H9N5O/c1-8-3-2-6-15-11(8)12-17-13(19-18-12)10-5-4-9(7-14)16-10/h2-6,16H,1H3. The molecule has 0 aliphatic carbocycles. The number of nitrogens with zero attached hydrogens (tertiary/aromatic N) is 4. The van der Waals surface area contributed by atoms with E-state index in [4.69, 9.17) is 9.78 Å². The maximum absolute atomic E-state index is 8.76. The normalized spacial score (nSPS) is 10.3. The van der Waals surface area contributed by atoms with Gasteiger partial charge in [0.1, 0.15) is 23.2 Å². The van der Waals surface area contributed by atoms with Crippen molar-refractivity contribution in [1.82, 2.24) is 20.1 Å². The lowest BCUT2D eigenvalue weighted by atomic mass is 10.2. The molecule has 0 radical (unpaired) electrons. The summed E-state index contributed by atoms with van der Waals surface area (Å²) in [6.07, 6.45) is 1.68. The Hall–Kier alpha value is -2.94. The van der Waals surface area contributed by atoms with E-state index in [9.17, 15) is 0 Å². The van der Waals surface area contributed by atoms with E-state index < -0.39 is 0 Å². The van der Waals surface area contributed by atoms with Crippen LogP contribution in [-0.4, -0.2) is 20.1 Å². The highest BCUT2D eigenvalue weighted by Crippen LogP contribution is 2.22. The van der Waals surface area contributed by atoms with E-state index in [1.54, 1.807) is 18.3 Å². The van der Waals surface area contributed by atoms with Gasteiger partial charge in [-0.15, -0.1) is 0 Å². The smallest absolute Gasteiger partial charge is 0.274 e. The molecule has 0 aliphatic rings. The van der Waals surface area contributed by atoms with Gasteiger partial charge >= 0.3 is 0 Å². The van der Waals surface area contributed by atoms with E-state index >= 15 is 0 Å². The van der Waals surface area contributed by atoms with Crippen molar-refractivity contribution in [3.8, 4) is 29.2 Å².